The lowest BCUT2D eigenvalue weighted by atomic mass is 10.1. The van der Waals surface area contributed by atoms with Gasteiger partial charge in [-0.15, -0.1) is 11.3 Å². The van der Waals surface area contributed by atoms with Crippen LogP contribution in [0.1, 0.15) is 31.1 Å². The second-order valence-electron chi connectivity index (χ2n) is 4.66. The summed E-state index contributed by atoms with van der Waals surface area (Å²) in [5.74, 6) is 0. The van der Waals surface area contributed by atoms with Crippen molar-refractivity contribution in [2.24, 2.45) is 0 Å². The summed E-state index contributed by atoms with van der Waals surface area (Å²) in [4.78, 5) is 4.05. The number of hydrogen-bond donors (Lipinski definition) is 1. The predicted molar refractivity (Wildman–Crippen MR) is 70.9 cm³/mol. The lowest BCUT2D eigenvalue weighted by molar-refractivity contribution is 0.171. The van der Waals surface area contributed by atoms with Crippen LogP contribution in [-0.2, 0) is 6.54 Å². The van der Waals surface area contributed by atoms with Crippen molar-refractivity contribution < 1.29 is 0 Å². The number of nitrogens with zero attached hydrogens (tertiary/aromatic N) is 1. The van der Waals surface area contributed by atoms with Crippen LogP contribution in [0.2, 0.25) is 0 Å². The van der Waals surface area contributed by atoms with Gasteiger partial charge in [0.1, 0.15) is 0 Å². The highest BCUT2D eigenvalue weighted by atomic mass is 32.1. The molecule has 1 N–H and O–H groups in total. The number of piperidine rings is 1. The fourth-order valence-corrected chi connectivity index (χ4v) is 2.98. The molecular weight excluding hydrogens is 216 g/mol. The molecule has 3 heteroatoms. The van der Waals surface area contributed by atoms with Gasteiger partial charge in [-0.05, 0) is 44.3 Å². The van der Waals surface area contributed by atoms with Crippen LogP contribution < -0.4 is 5.32 Å². The molecule has 0 saturated carbocycles. The van der Waals surface area contributed by atoms with E-state index < -0.39 is 0 Å². The topological polar surface area (TPSA) is 15.3 Å². The molecule has 1 aliphatic rings. The van der Waals surface area contributed by atoms with Gasteiger partial charge in [-0.1, -0.05) is 12.5 Å². The molecule has 0 aliphatic carbocycles. The molecule has 1 atom stereocenters. The third kappa shape index (κ3) is 3.58. The molecule has 0 spiro atoms. The van der Waals surface area contributed by atoms with Crippen LogP contribution in [0.4, 0.5) is 0 Å². The SMILES string of the molecule is CC(CNCc1cccs1)N1CCCCC1. The molecular formula is C13H22N2S. The van der Waals surface area contributed by atoms with E-state index in [4.69, 9.17) is 0 Å². The van der Waals surface area contributed by atoms with Gasteiger partial charge in [-0.2, -0.15) is 0 Å². The summed E-state index contributed by atoms with van der Waals surface area (Å²) in [7, 11) is 0. The van der Waals surface area contributed by atoms with Gasteiger partial charge in [-0.25, -0.2) is 0 Å². The van der Waals surface area contributed by atoms with Crippen molar-refractivity contribution in [2.45, 2.75) is 38.8 Å². The Balaban J connectivity index is 1.65. The highest BCUT2D eigenvalue weighted by molar-refractivity contribution is 7.09. The van der Waals surface area contributed by atoms with Crippen LogP contribution in [0.15, 0.2) is 17.5 Å². The van der Waals surface area contributed by atoms with Gasteiger partial charge in [-0.3, -0.25) is 4.90 Å². The molecule has 2 rings (SSSR count). The van der Waals surface area contributed by atoms with Crippen LogP contribution in [0.25, 0.3) is 0 Å². The molecule has 16 heavy (non-hydrogen) atoms. The molecule has 1 fully saturated rings. The van der Waals surface area contributed by atoms with Crippen molar-refractivity contribution in [1.82, 2.24) is 10.2 Å². The van der Waals surface area contributed by atoms with Gasteiger partial charge >= 0.3 is 0 Å². The quantitative estimate of drug-likeness (QED) is 0.848. The highest BCUT2D eigenvalue weighted by Gasteiger charge is 2.15. The molecule has 1 aromatic rings. The maximum Gasteiger partial charge on any atom is 0.0300 e. The molecule has 1 saturated heterocycles. The summed E-state index contributed by atoms with van der Waals surface area (Å²) in [6.45, 7) is 7.06. The molecule has 0 aromatic carbocycles. The molecule has 0 radical (unpaired) electrons. The lowest BCUT2D eigenvalue weighted by Gasteiger charge is -2.32. The number of hydrogen-bond acceptors (Lipinski definition) is 3. The fourth-order valence-electron chi connectivity index (χ4n) is 2.31. The third-order valence-electron chi connectivity index (χ3n) is 3.33. The average molecular weight is 238 g/mol. The normalized spacial score (nSPS) is 19.8. The minimum Gasteiger partial charge on any atom is -0.310 e. The van der Waals surface area contributed by atoms with Crippen LogP contribution in [-0.4, -0.2) is 30.6 Å². The Morgan fingerprint density at radius 1 is 1.38 bits per heavy atom. The average Bonchev–Trinajstić information content (AvgIpc) is 2.83. The Morgan fingerprint density at radius 3 is 2.88 bits per heavy atom. The molecule has 2 heterocycles. The lowest BCUT2D eigenvalue weighted by Crippen LogP contribution is -2.42. The maximum absolute atomic E-state index is 3.55. The molecule has 0 bridgehead atoms. The zero-order valence-electron chi connectivity index (χ0n) is 10.1. The summed E-state index contributed by atoms with van der Waals surface area (Å²) in [5.41, 5.74) is 0. The molecule has 1 unspecified atom stereocenters. The summed E-state index contributed by atoms with van der Waals surface area (Å²) < 4.78 is 0. The second-order valence-corrected chi connectivity index (χ2v) is 5.69. The summed E-state index contributed by atoms with van der Waals surface area (Å²) in [6.07, 6.45) is 4.19. The molecule has 0 amide bonds. The number of rotatable bonds is 5. The maximum atomic E-state index is 3.55. The van der Waals surface area contributed by atoms with Gasteiger partial charge in [0.05, 0.1) is 0 Å². The minimum absolute atomic E-state index is 0.681. The summed E-state index contributed by atoms with van der Waals surface area (Å²) >= 11 is 1.83. The van der Waals surface area contributed by atoms with Crippen molar-refractivity contribution >= 4 is 11.3 Å². The van der Waals surface area contributed by atoms with E-state index in [1.165, 1.54) is 37.2 Å². The van der Waals surface area contributed by atoms with Crippen molar-refractivity contribution in [2.75, 3.05) is 19.6 Å². The van der Waals surface area contributed by atoms with Gasteiger partial charge in [0, 0.05) is 24.0 Å². The van der Waals surface area contributed by atoms with E-state index in [9.17, 15) is 0 Å². The monoisotopic (exact) mass is 238 g/mol. The van der Waals surface area contributed by atoms with Gasteiger partial charge in [0.15, 0.2) is 0 Å². The fraction of sp³-hybridized carbons (Fsp3) is 0.692. The van der Waals surface area contributed by atoms with Crippen LogP contribution in [0, 0.1) is 0 Å². The first-order valence-corrected chi connectivity index (χ1v) is 7.21. The Kier molecular flexibility index (Phi) is 4.82. The predicted octanol–water partition coefficient (Wildman–Crippen LogP) is 2.71. The zero-order valence-corrected chi connectivity index (χ0v) is 10.9. The van der Waals surface area contributed by atoms with E-state index in [-0.39, 0.29) is 0 Å². The molecule has 1 aromatic heterocycles. The van der Waals surface area contributed by atoms with Crippen LogP contribution in [0.5, 0.6) is 0 Å². The van der Waals surface area contributed by atoms with E-state index in [1.54, 1.807) is 0 Å². The van der Waals surface area contributed by atoms with E-state index in [2.05, 4.69) is 34.7 Å². The number of nitrogens with one attached hydrogen (secondary N) is 1. The Hall–Kier alpha value is -0.380. The Morgan fingerprint density at radius 2 is 2.19 bits per heavy atom. The Labute approximate surface area is 103 Å². The summed E-state index contributed by atoms with van der Waals surface area (Å²) in [6, 6.07) is 5.00. The van der Waals surface area contributed by atoms with E-state index in [0.717, 1.165) is 13.1 Å². The first-order valence-electron chi connectivity index (χ1n) is 6.33. The highest BCUT2D eigenvalue weighted by Crippen LogP contribution is 2.12. The van der Waals surface area contributed by atoms with Gasteiger partial charge < -0.3 is 5.32 Å². The smallest absolute Gasteiger partial charge is 0.0300 e. The van der Waals surface area contributed by atoms with Crippen molar-refractivity contribution in [3.63, 3.8) is 0 Å². The van der Waals surface area contributed by atoms with Crippen LogP contribution in [0.3, 0.4) is 0 Å². The minimum atomic E-state index is 0.681. The molecule has 1 aliphatic heterocycles. The second kappa shape index (κ2) is 6.38. The third-order valence-corrected chi connectivity index (χ3v) is 4.21. The number of thiophene rings is 1. The van der Waals surface area contributed by atoms with E-state index in [0.29, 0.717) is 6.04 Å². The van der Waals surface area contributed by atoms with Crippen molar-refractivity contribution in [3.05, 3.63) is 22.4 Å². The van der Waals surface area contributed by atoms with E-state index in [1.807, 2.05) is 11.3 Å². The standard InChI is InChI=1S/C13H22N2S/c1-12(15-7-3-2-4-8-15)10-14-11-13-6-5-9-16-13/h5-6,9,12,14H,2-4,7-8,10-11H2,1H3. The van der Waals surface area contributed by atoms with Crippen molar-refractivity contribution in [1.29, 1.82) is 0 Å². The zero-order chi connectivity index (χ0) is 11.2. The summed E-state index contributed by atoms with van der Waals surface area (Å²) in [5, 5.41) is 5.70. The first kappa shape index (κ1) is 12.1. The van der Waals surface area contributed by atoms with Crippen molar-refractivity contribution in [3.8, 4) is 0 Å². The van der Waals surface area contributed by atoms with E-state index >= 15 is 0 Å². The number of likely N-dealkylation sites (tertiary alicyclic amines) is 1. The van der Waals surface area contributed by atoms with Crippen LogP contribution >= 0.6 is 11.3 Å². The van der Waals surface area contributed by atoms with Gasteiger partial charge in [0.2, 0.25) is 0 Å². The molecule has 2 nitrogen and oxygen atoms in total. The van der Waals surface area contributed by atoms with Gasteiger partial charge in [0.25, 0.3) is 0 Å². The first-order chi connectivity index (χ1) is 7.86. The largest absolute Gasteiger partial charge is 0.310 e. The Bertz CT molecular complexity index is 278. The molecule has 90 valence electrons.